The number of hydrogen-bond donors (Lipinski definition) is 1. The van der Waals surface area contributed by atoms with E-state index in [0.717, 1.165) is 4.31 Å². The van der Waals surface area contributed by atoms with E-state index in [1.54, 1.807) is 24.3 Å². The lowest BCUT2D eigenvalue weighted by atomic mass is 10.2. The number of nitrogens with one attached hydrogen (secondary N) is 1. The summed E-state index contributed by atoms with van der Waals surface area (Å²) in [6.07, 6.45) is 0. The van der Waals surface area contributed by atoms with Gasteiger partial charge in [0, 0.05) is 30.4 Å². The number of nitrogens with zero attached hydrogens (tertiary/aromatic N) is 2. The Morgan fingerprint density at radius 1 is 1.03 bits per heavy atom. The van der Waals surface area contributed by atoms with Gasteiger partial charge < -0.3 is 10.1 Å². The smallest absolute Gasteiger partial charge is 0.271 e. The summed E-state index contributed by atoms with van der Waals surface area (Å²) in [6.45, 7) is 0. The van der Waals surface area contributed by atoms with Crippen molar-refractivity contribution in [2.75, 3.05) is 23.8 Å². The summed E-state index contributed by atoms with van der Waals surface area (Å²) in [5.41, 5.74) is 0.674. The van der Waals surface area contributed by atoms with Crippen LogP contribution in [0.1, 0.15) is 10.4 Å². The zero-order chi connectivity index (χ0) is 22.6. The van der Waals surface area contributed by atoms with E-state index in [9.17, 15) is 23.3 Å². The van der Waals surface area contributed by atoms with Crippen LogP contribution in [0, 0.1) is 10.1 Å². The van der Waals surface area contributed by atoms with Gasteiger partial charge in [-0.15, -0.1) is 0 Å². The standard InChI is InChI=1S/C21H19N3O6S/c1-23(19-8-3-4-9-20(19)30-2)31(28,29)18-12-10-15(11-13-18)21(25)22-16-6-5-7-17(14-16)24(26)27/h3-14H,1-2H3,(H,22,25). The van der Waals surface area contributed by atoms with Crippen LogP contribution in [0.5, 0.6) is 5.75 Å². The molecule has 0 unspecified atom stereocenters. The summed E-state index contributed by atoms with van der Waals surface area (Å²) >= 11 is 0. The molecule has 160 valence electrons. The molecule has 10 heteroatoms. The molecule has 0 spiro atoms. The van der Waals surface area contributed by atoms with Gasteiger partial charge in [0.15, 0.2) is 0 Å². The van der Waals surface area contributed by atoms with Crippen LogP contribution in [0.25, 0.3) is 0 Å². The first-order valence-electron chi connectivity index (χ1n) is 9.02. The van der Waals surface area contributed by atoms with Crippen molar-refractivity contribution in [1.82, 2.24) is 0 Å². The first-order chi connectivity index (χ1) is 14.7. The number of nitro benzene ring substituents is 1. The molecule has 31 heavy (non-hydrogen) atoms. The lowest BCUT2D eigenvalue weighted by molar-refractivity contribution is -0.384. The summed E-state index contributed by atoms with van der Waals surface area (Å²) in [7, 11) is -1.03. The first-order valence-corrected chi connectivity index (χ1v) is 10.5. The molecule has 3 rings (SSSR count). The van der Waals surface area contributed by atoms with Gasteiger partial charge in [0.25, 0.3) is 21.6 Å². The molecular formula is C21H19N3O6S. The Morgan fingerprint density at radius 3 is 2.35 bits per heavy atom. The molecule has 0 saturated heterocycles. The van der Waals surface area contributed by atoms with E-state index in [4.69, 9.17) is 4.74 Å². The van der Waals surface area contributed by atoms with Gasteiger partial charge in [0.05, 0.1) is 22.6 Å². The van der Waals surface area contributed by atoms with Gasteiger partial charge in [-0.3, -0.25) is 19.2 Å². The average molecular weight is 441 g/mol. The fourth-order valence-electron chi connectivity index (χ4n) is 2.86. The van der Waals surface area contributed by atoms with Crippen LogP contribution in [0.3, 0.4) is 0 Å². The third-order valence-electron chi connectivity index (χ3n) is 4.51. The number of methoxy groups -OCH3 is 1. The van der Waals surface area contributed by atoms with Gasteiger partial charge in [-0.1, -0.05) is 18.2 Å². The molecule has 1 amide bonds. The second-order valence-electron chi connectivity index (χ2n) is 6.43. The highest BCUT2D eigenvalue weighted by Gasteiger charge is 2.24. The molecule has 0 aliphatic rings. The molecule has 0 radical (unpaired) electrons. The number of nitro groups is 1. The van der Waals surface area contributed by atoms with Crippen LogP contribution >= 0.6 is 0 Å². The Morgan fingerprint density at radius 2 is 1.71 bits per heavy atom. The number of ether oxygens (including phenoxy) is 1. The van der Waals surface area contributed by atoms with Gasteiger partial charge in [-0.05, 0) is 42.5 Å². The summed E-state index contributed by atoms with van der Waals surface area (Å²) in [4.78, 5) is 22.7. The maximum absolute atomic E-state index is 13.0. The number of amides is 1. The number of anilines is 2. The minimum atomic E-state index is -3.89. The molecule has 0 atom stereocenters. The predicted molar refractivity (Wildman–Crippen MR) is 116 cm³/mol. The Bertz CT molecular complexity index is 1230. The third kappa shape index (κ3) is 4.64. The fraction of sp³-hybridized carbons (Fsp3) is 0.0952. The van der Waals surface area contributed by atoms with Crippen molar-refractivity contribution in [2.45, 2.75) is 4.90 Å². The van der Waals surface area contributed by atoms with Gasteiger partial charge in [-0.2, -0.15) is 0 Å². The minimum absolute atomic E-state index is 0.00666. The third-order valence-corrected chi connectivity index (χ3v) is 6.30. The van der Waals surface area contributed by atoms with Crippen LogP contribution < -0.4 is 14.4 Å². The molecule has 0 bridgehead atoms. The van der Waals surface area contributed by atoms with E-state index >= 15 is 0 Å². The Hall–Kier alpha value is -3.92. The quantitative estimate of drug-likeness (QED) is 0.441. The van der Waals surface area contributed by atoms with E-state index in [-0.39, 0.29) is 21.8 Å². The number of carbonyl (C=O) groups excluding carboxylic acids is 1. The maximum atomic E-state index is 13.0. The van der Waals surface area contributed by atoms with Crippen molar-refractivity contribution in [2.24, 2.45) is 0 Å². The van der Waals surface area contributed by atoms with Crippen molar-refractivity contribution < 1.29 is 22.9 Å². The molecular weight excluding hydrogens is 422 g/mol. The van der Waals surface area contributed by atoms with Crippen molar-refractivity contribution in [1.29, 1.82) is 0 Å². The van der Waals surface area contributed by atoms with E-state index in [1.807, 2.05) is 0 Å². The predicted octanol–water partition coefficient (Wildman–Crippen LogP) is 3.68. The second kappa shape index (κ2) is 8.84. The normalized spacial score (nSPS) is 10.9. The van der Waals surface area contributed by atoms with Crippen LogP contribution in [-0.4, -0.2) is 33.4 Å². The minimum Gasteiger partial charge on any atom is -0.495 e. The highest BCUT2D eigenvalue weighted by molar-refractivity contribution is 7.92. The number of hydrogen-bond acceptors (Lipinski definition) is 6. The van der Waals surface area contributed by atoms with Crippen molar-refractivity contribution in [3.63, 3.8) is 0 Å². The van der Waals surface area contributed by atoms with Gasteiger partial charge in [0.2, 0.25) is 0 Å². The number of benzene rings is 3. The molecule has 0 saturated carbocycles. The van der Waals surface area contributed by atoms with Crippen LogP contribution in [0.4, 0.5) is 17.1 Å². The second-order valence-corrected chi connectivity index (χ2v) is 8.40. The van der Waals surface area contributed by atoms with Crippen LogP contribution in [-0.2, 0) is 10.0 Å². The number of rotatable bonds is 7. The zero-order valence-electron chi connectivity index (χ0n) is 16.7. The van der Waals surface area contributed by atoms with Crippen molar-refractivity contribution in [3.05, 3.63) is 88.5 Å². The number of para-hydroxylation sites is 2. The molecule has 0 aliphatic heterocycles. The molecule has 3 aromatic carbocycles. The molecule has 1 N–H and O–H groups in total. The van der Waals surface area contributed by atoms with E-state index in [2.05, 4.69) is 5.32 Å². The van der Waals surface area contributed by atoms with E-state index < -0.39 is 20.9 Å². The Balaban J connectivity index is 1.81. The summed E-state index contributed by atoms with van der Waals surface area (Å²) in [5, 5.41) is 13.4. The SMILES string of the molecule is COc1ccccc1N(C)S(=O)(=O)c1ccc(C(=O)Nc2cccc([N+](=O)[O-])c2)cc1. The van der Waals surface area contributed by atoms with Gasteiger partial charge >= 0.3 is 0 Å². The van der Waals surface area contributed by atoms with Crippen LogP contribution in [0.2, 0.25) is 0 Å². The largest absolute Gasteiger partial charge is 0.495 e. The molecule has 0 aliphatic carbocycles. The maximum Gasteiger partial charge on any atom is 0.271 e. The molecule has 0 aromatic heterocycles. The molecule has 0 fully saturated rings. The summed E-state index contributed by atoms with van der Waals surface area (Å²) in [6, 6.07) is 17.6. The molecule has 9 nitrogen and oxygen atoms in total. The average Bonchev–Trinajstić information content (AvgIpc) is 2.78. The van der Waals surface area contributed by atoms with Crippen molar-refractivity contribution in [3.8, 4) is 5.75 Å². The van der Waals surface area contributed by atoms with Gasteiger partial charge in [0.1, 0.15) is 5.75 Å². The zero-order valence-corrected chi connectivity index (χ0v) is 17.5. The number of non-ortho nitro benzene ring substituents is 1. The lowest BCUT2D eigenvalue weighted by Gasteiger charge is -2.21. The monoisotopic (exact) mass is 441 g/mol. The summed E-state index contributed by atoms with van der Waals surface area (Å²) in [5.74, 6) is -0.121. The van der Waals surface area contributed by atoms with E-state index in [1.165, 1.54) is 62.7 Å². The van der Waals surface area contributed by atoms with Crippen molar-refractivity contribution >= 4 is 33.0 Å². The van der Waals surface area contributed by atoms with E-state index in [0.29, 0.717) is 11.4 Å². The van der Waals surface area contributed by atoms with Crippen LogP contribution in [0.15, 0.2) is 77.7 Å². The Labute approximate surface area is 179 Å². The Kier molecular flexibility index (Phi) is 6.21. The number of carbonyl (C=O) groups is 1. The fourth-order valence-corrected chi connectivity index (χ4v) is 4.06. The lowest BCUT2D eigenvalue weighted by Crippen LogP contribution is -2.27. The first kappa shape index (κ1) is 21.8. The molecule has 3 aromatic rings. The molecule has 0 heterocycles. The number of sulfonamides is 1. The van der Waals surface area contributed by atoms with Gasteiger partial charge in [-0.25, -0.2) is 8.42 Å². The highest BCUT2D eigenvalue weighted by Crippen LogP contribution is 2.31. The summed E-state index contributed by atoms with van der Waals surface area (Å²) < 4.78 is 32.3. The topological polar surface area (TPSA) is 119 Å². The highest BCUT2D eigenvalue weighted by atomic mass is 32.2.